The molecule has 0 aromatic rings. The summed E-state index contributed by atoms with van der Waals surface area (Å²) in [6.45, 7) is 1.19. The molecular weight excluding hydrogens is 222 g/mol. The van der Waals surface area contributed by atoms with E-state index in [1.54, 1.807) is 0 Å². The van der Waals surface area contributed by atoms with Crippen LogP contribution in [0, 0.1) is 15.3 Å². The SMILES string of the molecule is NCCN.O=[N+]([O-])[O-].[Ag+]. The van der Waals surface area contributed by atoms with E-state index in [0.29, 0.717) is 13.1 Å². The molecule has 0 aromatic carbocycles. The van der Waals surface area contributed by atoms with Gasteiger partial charge in [-0.2, -0.15) is 0 Å². The van der Waals surface area contributed by atoms with Gasteiger partial charge in [-0.1, -0.05) is 0 Å². The molecule has 0 aliphatic rings. The van der Waals surface area contributed by atoms with Crippen LogP contribution in [0.2, 0.25) is 0 Å². The fourth-order valence-electron chi connectivity index (χ4n) is 0. The van der Waals surface area contributed by atoms with Gasteiger partial charge in [0, 0.05) is 13.1 Å². The van der Waals surface area contributed by atoms with Crippen molar-refractivity contribution in [2.45, 2.75) is 0 Å². The van der Waals surface area contributed by atoms with E-state index >= 15 is 0 Å². The second-order valence-corrected chi connectivity index (χ2v) is 0.801. The van der Waals surface area contributed by atoms with Crippen LogP contribution in [0.1, 0.15) is 0 Å². The summed E-state index contributed by atoms with van der Waals surface area (Å²) in [4.78, 5) is 8.25. The summed E-state index contributed by atoms with van der Waals surface area (Å²) in [5, 5.41) is 14.8. The average Bonchev–Trinajstić information content (AvgIpc) is 1.65. The Balaban J connectivity index is -0.0000000720. The van der Waals surface area contributed by atoms with Crippen molar-refractivity contribution >= 4 is 0 Å². The summed E-state index contributed by atoms with van der Waals surface area (Å²) >= 11 is 0. The molecule has 0 rings (SSSR count). The third kappa shape index (κ3) is 365. The minimum Gasteiger partial charge on any atom is -0.356 e. The van der Waals surface area contributed by atoms with E-state index in [1.165, 1.54) is 0 Å². The molecule has 0 atom stereocenters. The molecule has 0 saturated heterocycles. The second kappa shape index (κ2) is 15.7. The zero-order valence-corrected chi connectivity index (χ0v) is 6.02. The Kier molecular flexibility index (Phi) is 27.7. The van der Waals surface area contributed by atoms with Gasteiger partial charge in [-0.25, -0.2) is 0 Å². The fourth-order valence-corrected chi connectivity index (χ4v) is 0. The van der Waals surface area contributed by atoms with Gasteiger partial charge in [0.15, 0.2) is 0 Å². The van der Waals surface area contributed by atoms with Gasteiger partial charge in [-0.3, -0.25) is 0 Å². The predicted molar refractivity (Wildman–Crippen MR) is 28.5 cm³/mol. The van der Waals surface area contributed by atoms with Crippen LogP contribution < -0.4 is 11.5 Å². The van der Waals surface area contributed by atoms with Crippen molar-refractivity contribution in [1.82, 2.24) is 0 Å². The molecule has 0 aliphatic heterocycles. The smallest absolute Gasteiger partial charge is 0.356 e. The monoisotopic (exact) mass is 229 g/mol. The van der Waals surface area contributed by atoms with E-state index in [0.717, 1.165) is 0 Å². The van der Waals surface area contributed by atoms with Crippen molar-refractivity contribution in [1.29, 1.82) is 0 Å². The quantitative estimate of drug-likeness (QED) is 0.328. The Morgan fingerprint density at radius 1 is 1.22 bits per heavy atom. The first-order chi connectivity index (χ1) is 3.65. The van der Waals surface area contributed by atoms with Crippen LogP contribution in [0.25, 0.3) is 0 Å². The van der Waals surface area contributed by atoms with Crippen LogP contribution in [0.5, 0.6) is 0 Å². The van der Waals surface area contributed by atoms with E-state index in [1.807, 2.05) is 0 Å². The number of nitrogens with zero attached hydrogens (tertiary/aromatic N) is 1. The molecule has 0 amide bonds. The summed E-state index contributed by atoms with van der Waals surface area (Å²) < 4.78 is 0. The van der Waals surface area contributed by atoms with Crippen LogP contribution in [0.4, 0.5) is 0 Å². The minimum atomic E-state index is -1.75. The van der Waals surface area contributed by atoms with Crippen LogP contribution in [0.15, 0.2) is 0 Å². The van der Waals surface area contributed by atoms with E-state index in [4.69, 9.17) is 26.8 Å². The summed E-state index contributed by atoms with van der Waals surface area (Å²) in [6, 6.07) is 0. The Hall–Kier alpha value is -0.140. The molecule has 4 N–H and O–H groups in total. The molecule has 0 radical (unpaired) electrons. The maximum absolute atomic E-state index is 8.25. The van der Waals surface area contributed by atoms with Gasteiger partial charge in [0.2, 0.25) is 0 Å². The van der Waals surface area contributed by atoms with Crippen molar-refractivity contribution in [2.75, 3.05) is 13.1 Å². The zero-order chi connectivity index (χ0) is 6.99. The Morgan fingerprint density at radius 3 is 1.33 bits per heavy atom. The summed E-state index contributed by atoms with van der Waals surface area (Å²) in [5.74, 6) is 0. The number of hydrogen-bond acceptors (Lipinski definition) is 5. The van der Waals surface area contributed by atoms with Gasteiger partial charge >= 0.3 is 22.4 Å². The van der Waals surface area contributed by atoms with Crippen molar-refractivity contribution in [3.8, 4) is 0 Å². The van der Waals surface area contributed by atoms with Gasteiger partial charge in [0.25, 0.3) is 0 Å². The van der Waals surface area contributed by atoms with Gasteiger partial charge in [-0.15, -0.1) is 0 Å². The Labute approximate surface area is 67.8 Å². The van der Waals surface area contributed by atoms with Crippen molar-refractivity contribution < 1.29 is 27.5 Å². The molecule has 0 heterocycles. The molecule has 9 heavy (non-hydrogen) atoms. The van der Waals surface area contributed by atoms with Crippen LogP contribution in [-0.4, -0.2) is 18.2 Å². The summed E-state index contributed by atoms with van der Waals surface area (Å²) in [6.07, 6.45) is 0. The zero-order valence-electron chi connectivity index (χ0n) is 4.54. The molecule has 0 fully saturated rings. The second-order valence-electron chi connectivity index (χ2n) is 0.801. The third-order valence-corrected chi connectivity index (χ3v) is 0.167. The first-order valence-corrected chi connectivity index (χ1v) is 1.86. The van der Waals surface area contributed by atoms with E-state index < -0.39 is 5.09 Å². The van der Waals surface area contributed by atoms with Gasteiger partial charge in [0.05, 0.1) is 5.09 Å². The number of nitrogens with two attached hydrogens (primary N) is 2. The first-order valence-electron chi connectivity index (χ1n) is 1.86. The molecule has 0 saturated carbocycles. The molecule has 7 heteroatoms. The van der Waals surface area contributed by atoms with E-state index in [-0.39, 0.29) is 22.4 Å². The first kappa shape index (κ1) is 15.9. The van der Waals surface area contributed by atoms with Gasteiger partial charge < -0.3 is 26.8 Å². The van der Waals surface area contributed by atoms with Crippen molar-refractivity contribution in [3.05, 3.63) is 15.3 Å². The van der Waals surface area contributed by atoms with Crippen molar-refractivity contribution in [3.63, 3.8) is 0 Å². The molecular formula is C2H8AgN3O3. The fraction of sp³-hybridized carbons (Fsp3) is 1.00. The van der Waals surface area contributed by atoms with E-state index in [2.05, 4.69) is 0 Å². The third-order valence-electron chi connectivity index (χ3n) is 0.167. The van der Waals surface area contributed by atoms with Crippen LogP contribution >= 0.6 is 0 Å². The van der Waals surface area contributed by atoms with Crippen molar-refractivity contribution in [2.24, 2.45) is 11.5 Å². The van der Waals surface area contributed by atoms with E-state index in [9.17, 15) is 0 Å². The molecule has 60 valence electrons. The van der Waals surface area contributed by atoms with Gasteiger partial charge in [-0.05, 0) is 0 Å². The Morgan fingerprint density at radius 2 is 1.33 bits per heavy atom. The molecule has 0 unspecified atom stereocenters. The average molecular weight is 230 g/mol. The van der Waals surface area contributed by atoms with Crippen LogP contribution in [-0.2, 0) is 22.4 Å². The molecule has 0 aromatic heterocycles. The number of hydrogen-bond donors (Lipinski definition) is 2. The summed E-state index contributed by atoms with van der Waals surface area (Å²) in [5.41, 5.74) is 9.81. The standard InChI is InChI=1S/C2H8N2.Ag.NO3/c3-1-2-4;;2-1(3)4/h1-4H2;;/q;+1;-1. The maximum Gasteiger partial charge on any atom is 1.00 e. The largest absolute Gasteiger partial charge is 1.00 e. The molecule has 0 bridgehead atoms. The minimum absolute atomic E-state index is 0. The Bertz CT molecular complexity index is 55.0. The number of rotatable bonds is 1. The maximum atomic E-state index is 8.25. The van der Waals surface area contributed by atoms with Crippen LogP contribution in [0.3, 0.4) is 0 Å². The molecule has 0 aliphatic carbocycles. The molecule has 6 nitrogen and oxygen atoms in total. The van der Waals surface area contributed by atoms with Gasteiger partial charge in [0.1, 0.15) is 0 Å². The normalized spacial score (nSPS) is 6.00. The molecule has 0 spiro atoms. The summed E-state index contributed by atoms with van der Waals surface area (Å²) in [7, 11) is 0. The topological polar surface area (TPSA) is 118 Å². The predicted octanol–water partition coefficient (Wildman–Crippen LogP) is -1.34.